The summed E-state index contributed by atoms with van der Waals surface area (Å²) >= 11 is 1.52. The first-order valence-corrected chi connectivity index (χ1v) is 9.09. The van der Waals surface area contributed by atoms with E-state index in [1.165, 1.54) is 17.6 Å². The molecule has 3 aromatic rings. The van der Waals surface area contributed by atoms with Crippen LogP contribution in [0.4, 0.5) is 5.69 Å². The van der Waals surface area contributed by atoms with Crippen molar-refractivity contribution in [3.63, 3.8) is 0 Å². The highest BCUT2D eigenvalue weighted by atomic mass is 32.1. The lowest BCUT2D eigenvalue weighted by Crippen LogP contribution is -2.31. The van der Waals surface area contributed by atoms with E-state index in [4.69, 9.17) is 4.42 Å². The molecule has 0 spiro atoms. The van der Waals surface area contributed by atoms with E-state index < -0.39 is 0 Å². The van der Waals surface area contributed by atoms with Crippen molar-refractivity contribution in [2.24, 2.45) is 0 Å². The van der Waals surface area contributed by atoms with Gasteiger partial charge < -0.3 is 15.1 Å². The lowest BCUT2D eigenvalue weighted by molar-refractivity contribution is -0.115. The number of benzene rings is 1. The molecule has 6 nitrogen and oxygen atoms in total. The van der Waals surface area contributed by atoms with Crippen LogP contribution in [0, 0.1) is 0 Å². The molecule has 26 heavy (non-hydrogen) atoms. The second-order valence-corrected chi connectivity index (χ2v) is 6.97. The quantitative estimate of drug-likeness (QED) is 0.693. The number of oxazole rings is 1. The first-order chi connectivity index (χ1) is 12.5. The predicted molar refractivity (Wildman–Crippen MR) is 101 cm³/mol. The Balaban J connectivity index is 1.68. The smallest absolute Gasteiger partial charge is 0.253 e. The molecule has 7 heteroatoms. The van der Waals surface area contributed by atoms with Gasteiger partial charge in [0.1, 0.15) is 6.26 Å². The number of nitrogens with zero attached hydrogens (tertiary/aromatic N) is 1. The zero-order valence-electron chi connectivity index (χ0n) is 14.5. The van der Waals surface area contributed by atoms with E-state index in [9.17, 15) is 9.59 Å². The molecule has 0 radical (unpaired) electrons. The minimum Gasteiger partial charge on any atom is -0.444 e. The Hall–Kier alpha value is -2.93. The number of aromatic nitrogens is 1. The number of para-hydroxylation sites is 1. The van der Waals surface area contributed by atoms with Crippen LogP contribution in [-0.2, 0) is 11.2 Å². The number of anilines is 1. The molecule has 2 heterocycles. The Morgan fingerprint density at radius 2 is 2.00 bits per heavy atom. The van der Waals surface area contributed by atoms with Crippen molar-refractivity contribution in [1.82, 2.24) is 10.3 Å². The normalized spacial score (nSPS) is 10.7. The SMILES string of the molecule is CC(C)NC(=O)c1ccccc1NC(=O)Cc1coc(-c2cccs2)n1. The van der Waals surface area contributed by atoms with Gasteiger partial charge in [0.25, 0.3) is 5.91 Å². The van der Waals surface area contributed by atoms with Crippen LogP contribution in [0.2, 0.25) is 0 Å². The highest BCUT2D eigenvalue weighted by Crippen LogP contribution is 2.24. The zero-order chi connectivity index (χ0) is 18.5. The maximum Gasteiger partial charge on any atom is 0.253 e. The van der Waals surface area contributed by atoms with E-state index >= 15 is 0 Å². The summed E-state index contributed by atoms with van der Waals surface area (Å²) < 4.78 is 5.42. The average Bonchev–Trinajstić information content (AvgIpc) is 3.25. The van der Waals surface area contributed by atoms with Gasteiger partial charge in [0.2, 0.25) is 11.8 Å². The van der Waals surface area contributed by atoms with Gasteiger partial charge in [-0.15, -0.1) is 11.3 Å². The third-order valence-electron chi connectivity index (χ3n) is 3.49. The van der Waals surface area contributed by atoms with Gasteiger partial charge in [-0.1, -0.05) is 18.2 Å². The van der Waals surface area contributed by atoms with E-state index in [0.29, 0.717) is 22.8 Å². The van der Waals surface area contributed by atoms with Crippen LogP contribution >= 0.6 is 11.3 Å². The molecule has 0 fully saturated rings. The average molecular weight is 369 g/mol. The van der Waals surface area contributed by atoms with E-state index in [-0.39, 0.29) is 24.3 Å². The Kier molecular flexibility index (Phi) is 5.48. The zero-order valence-corrected chi connectivity index (χ0v) is 15.3. The van der Waals surface area contributed by atoms with Crippen molar-refractivity contribution >= 4 is 28.8 Å². The van der Waals surface area contributed by atoms with Crippen LogP contribution in [0.1, 0.15) is 29.9 Å². The summed E-state index contributed by atoms with van der Waals surface area (Å²) in [6, 6.07) is 10.7. The van der Waals surface area contributed by atoms with Crippen LogP contribution in [0.15, 0.2) is 52.5 Å². The number of nitrogens with one attached hydrogen (secondary N) is 2. The number of rotatable bonds is 6. The largest absolute Gasteiger partial charge is 0.444 e. The maximum absolute atomic E-state index is 12.4. The molecule has 0 aliphatic heterocycles. The maximum atomic E-state index is 12.4. The van der Waals surface area contributed by atoms with E-state index in [1.807, 2.05) is 31.4 Å². The van der Waals surface area contributed by atoms with Crippen LogP contribution in [-0.4, -0.2) is 22.8 Å². The van der Waals surface area contributed by atoms with Crippen molar-refractivity contribution < 1.29 is 14.0 Å². The highest BCUT2D eigenvalue weighted by molar-refractivity contribution is 7.13. The Bertz CT molecular complexity index is 900. The third-order valence-corrected chi connectivity index (χ3v) is 4.35. The predicted octanol–water partition coefficient (Wildman–Crippen LogP) is 3.72. The second kappa shape index (κ2) is 7.97. The number of carbonyl (C=O) groups is 2. The van der Waals surface area contributed by atoms with Crippen molar-refractivity contribution in [3.05, 3.63) is 59.3 Å². The first kappa shape index (κ1) is 17.9. The molecule has 2 amide bonds. The fraction of sp³-hybridized carbons (Fsp3) is 0.211. The van der Waals surface area contributed by atoms with Gasteiger partial charge >= 0.3 is 0 Å². The Labute approximate surface area is 155 Å². The number of thiophene rings is 1. The van der Waals surface area contributed by atoms with E-state index in [0.717, 1.165) is 4.88 Å². The molecule has 0 saturated heterocycles. The first-order valence-electron chi connectivity index (χ1n) is 8.21. The molecule has 0 aliphatic carbocycles. The minimum atomic E-state index is -0.263. The van der Waals surface area contributed by atoms with Gasteiger partial charge in [0.15, 0.2) is 0 Å². The standard InChI is InChI=1S/C19H19N3O3S/c1-12(2)20-18(24)14-6-3-4-7-15(14)22-17(23)10-13-11-25-19(21-13)16-8-5-9-26-16/h3-9,11-12H,10H2,1-2H3,(H,20,24)(H,22,23). The third kappa shape index (κ3) is 4.37. The van der Waals surface area contributed by atoms with Gasteiger partial charge in [0, 0.05) is 6.04 Å². The molecule has 134 valence electrons. The van der Waals surface area contributed by atoms with Crippen molar-refractivity contribution in [3.8, 4) is 10.8 Å². The molecule has 0 aliphatic rings. The Morgan fingerprint density at radius 3 is 2.73 bits per heavy atom. The fourth-order valence-corrected chi connectivity index (χ4v) is 3.05. The molecule has 0 unspecified atom stereocenters. The van der Waals surface area contributed by atoms with Gasteiger partial charge in [0.05, 0.1) is 28.2 Å². The summed E-state index contributed by atoms with van der Waals surface area (Å²) in [4.78, 5) is 29.9. The van der Waals surface area contributed by atoms with Gasteiger partial charge in [-0.05, 0) is 37.4 Å². The van der Waals surface area contributed by atoms with Gasteiger partial charge in [-0.2, -0.15) is 0 Å². The van der Waals surface area contributed by atoms with Crippen LogP contribution < -0.4 is 10.6 Å². The van der Waals surface area contributed by atoms with Crippen molar-refractivity contribution in [2.75, 3.05) is 5.32 Å². The highest BCUT2D eigenvalue weighted by Gasteiger charge is 2.15. The second-order valence-electron chi connectivity index (χ2n) is 6.02. The summed E-state index contributed by atoms with van der Waals surface area (Å²) in [7, 11) is 0. The summed E-state index contributed by atoms with van der Waals surface area (Å²) in [5.41, 5.74) is 1.43. The van der Waals surface area contributed by atoms with E-state index in [1.54, 1.807) is 24.3 Å². The monoisotopic (exact) mass is 369 g/mol. The lowest BCUT2D eigenvalue weighted by atomic mass is 10.1. The van der Waals surface area contributed by atoms with Gasteiger partial charge in [-0.3, -0.25) is 9.59 Å². The van der Waals surface area contributed by atoms with Crippen molar-refractivity contribution in [2.45, 2.75) is 26.3 Å². The number of hydrogen-bond acceptors (Lipinski definition) is 5. The van der Waals surface area contributed by atoms with Gasteiger partial charge in [-0.25, -0.2) is 4.98 Å². The lowest BCUT2D eigenvalue weighted by Gasteiger charge is -2.12. The molecular formula is C19H19N3O3S. The van der Waals surface area contributed by atoms with Crippen LogP contribution in [0.25, 0.3) is 10.8 Å². The molecule has 1 aromatic carbocycles. The molecule has 0 atom stereocenters. The number of amides is 2. The van der Waals surface area contributed by atoms with E-state index in [2.05, 4.69) is 15.6 Å². The molecule has 2 N–H and O–H groups in total. The molecule has 2 aromatic heterocycles. The molecular weight excluding hydrogens is 350 g/mol. The minimum absolute atomic E-state index is 0.0112. The fourth-order valence-electron chi connectivity index (χ4n) is 2.39. The number of carbonyl (C=O) groups excluding carboxylic acids is 2. The Morgan fingerprint density at radius 1 is 1.19 bits per heavy atom. The van der Waals surface area contributed by atoms with Crippen molar-refractivity contribution in [1.29, 1.82) is 0 Å². The number of hydrogen-bond donors (Lipinski definition) is 2. The molecule has 0 bridgehead atoms. The molecule has 0 saturated carbocycles. The summed E-state index contributed by atoms with van der Waals surface area (Å²) in [5, 5.41) is 7.54. The summed E-state index contributed by atoms with van der Waals surface area (Å²) in [6.07, 6.45) is 1.54. The summed E-state index contributed by atoms with van der Waals surface area (Å²) in [5.74, 6) is 0.0117. The van der Waals surface area contributed by atoms with Crippen LogP contribution in [0.3, 0.4) is 0 Å². The topological polar surface area (TPSA) is 84.2 Å². The summed E-state index contributed by atoms with van der Waals surface area (Å²) in [6.45, 7) is 3.77. The molecule has 3 rings (SSSR count). The van der Waals surface area contributed by atoms with Crippen LogP contribution in [0.5, 0.6) is 0 Å².